The number of benzene rings is 1. The van der Waals surface area contributed by atoms with Crippen molar-refractivity contribution in [3.8, 4) is 0 Å². The molecule has 1 heterocycles. The van der Waals surface area contributed by atoms with E-state index >= 15 is 0 Å². The van der Waals surface area contributed by atoms with Crippen LogP contribution < -0.4 is 10.6 Å². The Bertz CT molecular complexity index is 683. The SMILES string of the molecule is CN=C(NCCc1cnn(C)c1)NCc1ccc(F)cc1CSC. The minimum absolute atomic E-state index is 0.193. The zero-order chi connectivity index (χ0) is 17.4. The number of thioether (sulfide) groups is 1. The first kappa shape index (κ1) is 18.3. The number of hydrogen-bond donors (Lipinski definition) is 2. The molecule has 0 saturated carbocycles. The summed E-state index contributed by atoms with van der Waals surface area (Å²) in [6.45, 7) is 1.38. The van der Waals surface area contributed by atoms with Gasteiger partial charge in [0.05, 0.1) is 6.20 Å². The Morgan fingerprint density at radius 2 is 2.17 bits per heavy atom. The van der Waals surface area contributed by atoms with Gasteiger partial charge in [0.1, 0.15) is 5.82 Å². The lowest BCUT2D eigenvalue weighted by Gasteiger charge is -2.14. The summed E-state index contributed by atoms with van der Waals surface area (Å²) >= 11 is 1.68. The average molecular weight is 349 g/mol. The minimum Gasteiger partial charge on any atom is -0.356 e. The van der Waals surface area contributed by atoms with Gasteiger partial charge in [-0.25, -0.2) is 4.39 Å². The first-order valence-electron chi connectivity index (χ1n) is 7.80. The van der Waals surface area contributed by atoms with Crippen LogP contribution in [0.25, 0.3) is 0 Å². The number of aryl methyl sites for hydroxylation is 1. The Morgan fingerprint density at radius 3 is 2.83 bits per heavy atom. The van der Waals surface area contributed by atoms with Crippen LogP contribution in [0, 0.1) is 5.82 Å². The third kappa shape index (κ3) is 5.56. The molecule has 0 saturated heterocycles. The molecule has 1 aromatic heterocycles. The number of nitrogens with one attached hydrogen (secondary N) is 2. The molecule has 0 amide bonds. The summed E-state index contributed by atoms with van der Waals surface area (Å²) in [5.41, 5.74) is 3.28. The number of nitrogens with zero attached hydrogens (tertiary/aromatic N) is 3. The lowest BCUT2D eigenvalue weighted by molar-refractivity contribution is 0.625. The van der Waals surface area contributed by atoms with Crippen LogP contribution in [0.15, 0.2) is 35.6 Å². The molecule has 5 nitrogen and oxygen atoms in total. The summed E-state index contributed by atoms with van der Waals surface area (Å²) in [6.07, 6.45) is 6.76. The molecule has 0 fully saturated rings. The first-order valence-corrected chi connectivity index (χ1v) is 9.20. The molecule has 0 aliphatic heterocycles. The molecule has 2 N–H and O–H groups in total. The second-order valence-corrected chi connectivity index (χ2v) is 6.34. The van der Waals surface area contributed by atoms with Gasteiger partial charge in [0, 0.05) is 39.1 Å². The molecule has 0 unspecified atom stereocenters. The second kappa shape index (κ2) is 9.32. The molecule has 2 rings (SSSR count). The molecule has 0 radical (unpaired) electrons. The van der Waals surface area contributed by atoms with Crippen molar-refractivity contribution >= 4 is 17.7 Å². The standard InChI is InChI=1S/C17H24FN5S/c1-19-17(20-7-6-13-9-22-23(2)11-13)21-10-14-4-5-16(18)8-15(14)12-24-3/h4-5,8-9,11H,6-7,10,12H2,1-3H3,(H2,19,20,21). The quantitative estimate of drug-likeness (QED) is 0.595. The van der Waals surface area contributed by atoms with E-state index in [1.165, 1.54) is 11.6 Å². The molecule has 0 atom stereocenters. The van der Waals surface area contributed by atoms with Gasteiger partial charge in [-0.15, -0.1) is 0 Å². The van der Waals surface area contributed by atoms with E-state index in [1.54, 1.807) is 29.6 Å². The Labute approximate surface area is 146 Å². The van der Waals surface area contributed by atoms with Crippen LogP contribution >= 0.6 is 11.8 Å². The summed E-state index contributed by atoms with van der Waals surface area (Å²) in [5.74, 6) is 1.34. The molecule has 0 aliphatic carbocycles. The zero-order valence-electron chi connectivity index (χ0n) is 14.3. The van der Waals surface area contributed by atoms with Crippen LogP contribution in [0.2, 0.25) is 0 Å². The largest absolute Gasteiger partial charge is 0.356 e. The van der Waals surface area contributed by atoms with Crippen molar-refractivity contribution in [1.29, 1.82) is 0 Å². The maximum atomic E-state index is 13.4. The van der Waals surface area contributed by atoms with E-state index < -0.39 is 0 Å². The Kier molecular flexibility index (Phi) is 7.11. The smallest absolute Gasteiger partial charge is 0.191 e. The fourth-order valence-corrected chi connectivity index (χ4v) is 2.96. The zero-order valence-corrected chi connectivity index (χ0v) is 15.2. The van der Waals surface area contributed by atoms with Crippen molar-refractivity contribution in [2.24, 2.45) is 12.0 Å². The van der Waals surface area contributed by atoms with Crippen LogP contribution in [0.4, 0.5) is 4.39 Å². The monoisotopic (exact) mass is 349 g/mol. The topological polar surface area (TPSA) is 54.2 Å². The van der Waals surface area contributed by atoms with Crippen molar-refractivity contribution in [3.05, 3.63) is 53.1 Å². The number of aromatic nitrogens is 2. The maximum absolute atomic E-state index is 13.4. The minimum atomic E-state index is -0.193. The molecule has 0 aliphatic rings. The van der Waals surface area contributed by atoms with Crippen LogP contribution in [-0.4, -0.2) is 35.6 Å². The Morgan fingerprint density at radius 1 is 1.33 bits per heavy atom. The van der Waals surface area contributed by atoms with Gasteiger partial charge in [-0.05, 0) is 41.5 Å². The highest BCUT2D eigenvalue weighted by atomic mass is 32.2. The van der Waals surface area contributed by atoms with E-state index in [9.17, 15) is 4.39 Å². The highest BCUT2D eigenvalue weighted by Crippen LogP contribution is 2.16. The average Bonchev–Trinajstić information content (AvgIpc) is 2.98. The summed E-state index contributed by atoms with van der Waals surface area (Å²) in [7, 11) is 3.65. The molecule has 24 heavy (non-hydrogen) atoms. The van der Waals surface area contributed by atoms with Gasteiger partial charge >= 0.3 is 0 Å². The van der Waals surface area contributed by atoms with Crippen molar-refractivity contribution in [1.82, 2.24) is 20.4 Å². The van der Waals surface area contributed by atoms with Gasteiger partial charge in [-0.2, -0.15) is 16.9 Å². The maximum Gasteiger partial charge on any atom is 0.191 e. The predicted octanol–water partition coefficient (Wildman–Crippen LogP) is 2.33. The van der Waals surface area contributed by atoms with E-state index in [2.05, 4.69) is 20.7 Å². The molecular formula is C17H24FN5S. The molecule has 7 heteroatoms. The highest BCUT2D eigenvalue weighted by Gasteiger charge is 2.05. The van der Waals surface area contributed by atoms with Crippen LogP contribution in [0.5, 0.6) is 0 Å². The van der Waals surface area contributed by atoms with Crippen LogP contribution in [0.3, 0.4) is 0 Å². The van der Waals surface area contributed by atoms with E-state index in [-0.39, 0.29) is 5.82 Å². The van der Waals surface area contributed by atoms with Crippen molar-refractivity contribution in [3.63, 3.8) is 0 Å². The third-order valence-electron chi connectivity index (χ3n) is 3.60. The third-order valence-corrected chi connectivity index (χ3v) is 4.20. The molecule has 1 aromatic carbocycles. The van der Waals surface area contributed by atoms with E-state index in [1.807, 2.05) is 31.8 Å². The molecular weight excluding hydrogens is 325 g/mol. The van der Waals surface area contributed by atoms with Gasteiger partial charge in [-0.1, -0.05) is 6.07 Å². The molecule has 0 bridgehead atoms. The van der Waals surface area contributed by atoms with E-state index in [0.717, 1.165) is 35.8 Å². The Hall–Kier alpha value is -2.02. The summed E-state index contributed by atoms with van der Waals surface area (Å²) in [5, 5.41) is 10.7. The lowest BCUT2D eigenvalue weighted by Crippen LogP contribution is -2.38. The van der Waals surface area contributed by atoms with Gasteiger partial charge in [-0.3, -0.25) is 9.67 Å². The highest BCUT2D eigenvalue weighted by molar-refractivity contribution is 7.97. The van der Waals surface area contributed by atoms with Gasteiger partial charge in [0.25, 0.3) is 0 Å². The van der Waals surface area contributed by atoms with Crippen molar-refractivity contribution in [2.75, 3.05) is 19.8 Å². The van der Waals surface area contributed by atoms with E-state index in [4.69, 9.17) is 0 Å². The van der Waals surface area contributed by atoms with Crippen LogP contribution in [0.1, 0.15) is 16.7 Å². The van der Waals surface area contributed by atoms with Crippen LogP contribution in [-0.2, 0) is 25.8 Å². The summed E-state index contributed by atoms with van der Waals surface area (Å²) in [4.78, 5) is 4.23. The Balaban J connectivity index is 1.85. The number of rotatable bonds is 7. The molecule has 2 aromatic rings. The molecule has 130 valence electrons. The fourth-order valence-electron chi connectivity index (χ4n) is 2.38. The van der Waals surface area contributed by atoms with Gasteiger partial charge in [0.15, 0.2) is 5.96 Å². The summed E-state index contributed by atoms with van der Waals surface area (Å²) in [6, 6.07) is 4.93. The van der Waals surface area contributed by atoms with Gasteiger partial charge < -0.3 is 10.6 Å². The van der Waals surface area contributed by atoms with Crippen molar-refractivity contribution < 1.29 is 4.39 Å². The number of halogens is 1. The lowest BCUT2D eigenvalue weighted by atomic mass is 10.1. The van der Waals surface area contributed by atoms with Gasteiger partial charge in [0.2, 0.25) is 0 Å². The number of aliphatic imine (C=N–C) groups is 1. The fraction of sp³-hybridized carbons (Fsp3) is 0.412. The normalized spacial score (nSPS) is 11.6. The van der Waals surface area contributed by atoms with Crippen molar-refractivity contribution in [2.45, 2.75) is 18.7 Å². The predicted molar refractivity (Wildman–Crippen MR) is 98.7 cm³/mol. The first-order chi connectivity index (χ1) is 11.6. The molecule has 0 spiro atoms. The van der Waals surface area contributed by atoms with E-state index in [0.29, 0.717) is 6.54 Å². The summed E-state index contributed by atoms with van der Waals surface area (Å²) < 4.78 is 15.2. The second-order valence-electron chi connectivity index (χ2n) is 5.47. The number of hydrogen-bond acceptors (Lipinski definition) is 3. The number of guanidine groups is 1.